The monoisotopic (exact) mass is 289 g/mol. The first-order chi connectivity index (χ1) is 9.76. The van der Waals surface area contributed by atoms with E-state index in [0.717, 1.165) is 18.0 Å². The van der Waals surface area contributed by atoms with Gasteiger partial charge in [0.2, 0.25) is 0 Å². The average Bonchev–Trinajstić information content (AvgIpc) is 3.12. The van der Waals surface area contributed by atoms with Gasteiger partial charge in [0.15, 0.2) is 0 Å². The lowest BCUT2D eigenvalue weighted by Gasteiger charge is -2.18. The summed E-state index contributed by atoms with van der Waals surface area (Å²) in [5.74, 6) is 0.802. The Kier molecular flexibility index (Phi) is 4.34. The van der Waals surface area contributed by atoms with Crippen LogP contribution in [0.4, 0.5) is 0 Å². The molecule has 1 aliphatic heterocycles. The Morgan fingerprint density at radius 3 is 3.25 bits per heavy atom. The highest BCUT2D eigenvalue weighted by Crippen LogP contribution is 2.23. The highest BCUT2D eigenvalue weighted by atomic mass is 32.1. The van der Waals surface area contributed by atoms with Crippen LogP contribution < -0.4 is 5.32 Å². The van der Waals surface area contributed by atoms with Crippen LogP contribution in [0.15, 0.2) is 23.7 Å². The van der Waals surface area contributed by atoms with Crippen molar-refractivity contribution < 1.29 is 0 Å². The number of rotatable bonds is 5. The third kappa shape index (κ3) is 3.03. The summed E-state index contributed by atoms with van der Waals surface area (Å²) in [6, 6.07) is 4.74. The van der Waals surface area contributed by atoms with Crippen LogP contribution in [0.25, 0.3) is 10.2 Å². The number of hydrogen-bond donors (Lipinski definition) is 1. The topological polar surface area (TPSA) is 28.2 Å². The smallest absolute Gasteiger partial charge is 0.0809 e. The van der Waals surface area contributed by atoms with Gasteiger partial charge in [-0.15, -0.1) is 11.3 Å². The number of fused-ring (bicyclic) bond motifs is 1. The zero-order valence-corrected chi connectivity index (χ0v) is 13.1. The van der Waals surface area contributed by atoms with Crippen molar-refractivity contribution in [2.24, 2.45) is 5.92 Å². The number of nitrogens with one attached hydrogen (secondary N) is 1. The second-order valence-corrected chi connectivity index (χ2v) is 6.70. The average molecular weight is 289 g/mol. The van der Waals surface area contributed by atoms with E-state index in [-0.39, 0.29) is 0 Å². The summed E-state index contributed by atoms with van der Waals surface area (Å²) in [5, 5.41) is 5.79. The zero-order chi connectivity index (χ0) is 13.9. The summed E-state index contributed by atoms with van der Waals surface area (Å²) in [6.45, 7) is 9.30. The van der Waals surface area contributed by atoms with Crippen LogP contribution in [0.2, 0.25) is 0 Å². The molecule has 1 aliphatic rings. The molecule has 108 valence electrons. The molecule has 0 radical (unpaired) electrons. The lowest BCUT2D eigenvalue weighted by Crippen LogP contribution is -2.28. The van der Waals surface area contributed by atoms with Gasteiger partial charge in [-0.05, 0) is 62.0 Å². The molecule has 20 heavy (non-hydrogen) atoms. The van der Waals surface area contributed by atoms with E-state index in [0.29, 0.717) is 6.04 Å². The summed E-state index contributed by atoms with van der Waals surface area (Å²) in [4.78, 5) is 7.07. The second-order valence-electron chi connectivity index (χ2n) is 5.75. The van der Waals surface area contributed by atoms with Crippen molar-refractivity contribution in [1.82, 2.24) is 15.2 Å². The highest BCUT2D eigenvalue weighted by Gasteiger charge is 2.21. The van der Waals surface area contributed by atoms with Gasteiger partial charge in [0.05, 0.1) is 10.2 Å². The minimum Gasteiger partial charge on any atom is -0.310 e. The van der Waals surface area contributed by atoms with Crippen molar-refractivity contribution in [2.75, 3.05) is 26.2 Å². The zero-order valence-electron chi connectivity index (χ0n) is 12.3. The van der Waals surface area contributed by atoms with Gasteiger partial charge in [-0.2, -0.15) is 0 Å². The Hall–Kier alpha value is -0.970. The maximum absolute atomic E-state index is 4.53. The Morgan fingerprint density at radius 2 is 2.45 bits per heavy atom. The molecule has 3 nitrogen and oxygen atoms in total. The van der Waals surface area contributed by atoms with Crippen LogP contribution in [0.3, 0.4) is 0 Å². The van der Waals surface area contributed by atoms with Crippen LogP contribution in [0.1, 0.15) is 31.9 Å². The number of hydrogen-bond acceptors (Lipinski definition) is 4. The molecule has 2 aromatic rings. The van der Waals surface area contributed by atoms with Gasteiger partial charge in [-0.1, -0.05) is 6.92 Å². The summed E-state index contributed by atoms with van der Waals surface area (Å²) < 4.78 is 1.29. The van der Waals surface area contributed by atoms with E-state index in [1.54, 1.807) is 11.3 Å². The van der Waals surface area contributed by atoms with E-state index in [1.807, 2.05) is 6.20 Å². The van der Waals surface area contributed by atoms with Gasteiger partial charge in [0, 0.05) is 18.8 Å². The molecule has 2 atom stereocenters. The van der Waals surface area contributed by atoms with Crippen LogP contribution in [-0.4, -0.2) is 36.1 Å². The fourth-order valence-electron chi connectivity index (χ4n) is 2.93. The molecule has 0 spiro atoms. The molecule has 1 N–H and O–H groups in total. The third-order valence-corrected chi connectivity index (χ3v) is 5.21. The summed E-state index contributed by atoms with van der Waals surface area (Å²) >= 11 is 1.77. The van der Waals surface area contributed by atoms with Crippen molar-refractivity contribution in [2.45, 2.75) is 26.3 Å². The molecule has 1 saturated heterocycles. The predicted octanol–water partition coefficient (Wildman–Crippen LogP) is 3.29. The first-order valence-electron chi connectivity index (χ1n) is 7.55. The third-order valence-electron chi connectivity index (χ3n) is 4.35. The lowest BCUT2D eigenvalue weighted by molar-refractivity contribution is 0.336. The molecule has 0 aliphatic carbocycles. The molecule has 0 saturated carbocycles. The predicted molar refractivity (Wildman–Crippen MR) is 86.3 cm³/mol. The Morgan fingerprint density at radius 1 is 1.55 bits per heavy atom. The van der Waals surface area contributed by atoms with Crippen LogP contribution in [0, 0.1) is 5.92 Å². The standard InChI is InChI=1S/C16H23N3S/c1-3-19-6-4-13(11-19)9-17-12(2)14-8-16-15(18-10-14)5-7-20-16/h5,7-8,10,12-13,17H,3-4,6,9,11H2,1-2H3. The number of nitrogens with zero attached hydrogens (tertiary/aromatic N) is 2. The molecular formula is C16H23N3S. The quantitative estimate of drug-likeness (QED) is 0.915. The largest absolute Gasteiger partial charge is 0.310 e. The van der Waals surface area contributed by atoms with E-state index >= 15 is 0 Å². The minimum atomic E-state index is 0.379. The molecule has 3 heterocycles. The minimum absolute atomic E-state index is 0.379. The van der Waals surface area contributed by atoms with E-state index in [2.05, 4.69) is 46.6 Å². The number of likely N-dealkylation sites (tertiary alicyclic amines) is 1. The maximum Gasteiger partial charge on any atom is 0.0809 e. The Bertz CT molecular complexity index is 566. The van der Waals surface area contributed by atoms with Crippen molar-refractivity contribution in [3.05, 3.63) is 29.3 Å². The van der Waals surface area contributed by atoms with Gasteiger partial charge >= 0.3 is 0 Å². The Balaban J connectivity index is 1.57. The Labute approximate surface area is 125 Å². The number of aromatic nitrogens is 1. The summed E-state index contributed by atoms with van der Waals surface area (Å²) in [7, 11) is 0. The summed E-state index contributed by atoms with van der Waals surface area (Å²) in [6.07, 6.45) is 3.34. The highest BCUT2D eigenvalue weighted by molar-refractivity contribution is 7.17. The molecular weight excluding hydrogens is 266 g/mol. The molecule has 0 aromatic carbocycles. The molecule has 2 aromatic heterocycles. The molecule has 0 amide bonds. The van der Waals surface area contributed by atoms with Crippen molar-refractivity contribution in [3.8, 4) is 0 Å². The number of thiophene rings is 1. The molecule has 1 fully saturated rings. The van der Waals surface area contributed by atoms with E-state index in [1.165, 1.54) is 36.3 Å². The fraction of sp³-hybridized carbons (Fsp3) is 0.562. The van der Waals surface area contributed by atoms with E-state index in [4.69, 9.17) is 0 Å². The molecule has 0 bridgehead atoms. The van der Waals surface area contributed by atoms with Crippen LogP contribution in [0.5, 0.6) is 0 Å². The molecule has 3 rings (SSSR count). The first kappa shape index (κ1) is 14.0. The van der Waals surface area contributed by atoms with Gasteiger partial charge in [-0.25, -0.2) is 0 Å². The van der Waals surface area contributed by atoms with Gasteiger partial charge in [0.25, 0.3) is 0 Å². The molecule has 4 heteroatoms. The fourth-order valence-corrected chi connectivity index (χ4v) is 3.72. The maximum atomic E-state index is 4.53. The van der Waals surface area contributed by atoms with Gasteiger partial charge < -0.3 is 10.2 Å². The lowest BCUT2D eigenvalue weighted by atomic mass is 10.1. The molecule has 2 unspecified atom stereocenters. The SMILES string of the molecule is CCN1CCC(CNC(C)c2cnc3ccsc3c2)C1. The van der Waals surface area contributed by atoms with Crippen LogP contribution >= 0.6 is 11.3 Å². The van der Waals surface area contributed by atoms with Crippen LogP contribution in [-0.2, 0) is 0 Å². The van der Waals surface area contributed by atoms with Gasteiger partial charge in [-0.3, -0.25) is 4.98 Å². The number of pyridine rings is 1. The van der Waals surface area contributed by atoms with Crippen molar-refractivity contribution in [1.29, 1.82) is 0 Å². The normalized spacial score (nSPS) is 21.6. The van der Waals surface area contributed by atoms with Crippen molar-refractivity contribution >= 4 is 21.6 Å². The summed E-state index contributed by atoms with van der Waals surface area (Å²) in [5.41, 5.74) is 2.41. The van der Waals surface area contributed by atoms with E-state index < -0.39 is 0 Å². The van der Waals surface area contributed by atoms with Crippen molar-refractivity contribution in [3.63, 3.8) is 0 Å². The van der Waals surface area contributed by atoms with E-state index in [9.17, 15) is 0 Å². The second kappa shape index (κ2) is 6.20. The van der Waals surface area contributed by atoms with Gasteiger partial charge in [0.1, 0.15) is 0 Å². The first-order valence-corrected chi connectivity index (χ1v) is 8.43.